The molecule has 0 spiro atoms. The van der Waals surface area contributed by atoms with Crippen molar-refractivity contribution in [3.8, 4) is 0 Å². The minimum absolute atomic E-state index is 0.0304. The lowest BCUT2D eigenvalue weighted by molar-refractivity contribution is -0.118. The lowest BCUT2D eigenvalue weighted by Crippen LogP contribution is -2.48. The molecular formula is C20H19ClN2O2. The number of halogens is 1. The van der Waals surface area contributed by atoms with E-state index in [1.165, 1.54) is 0 Å². The normalized spacial score (nSPS) is 17.7. The monoisotopic (exact) mass is 354 g/mol. The fourth-order valence-corrected chi connectivity index (χ4v) is 4.03. The predicted molar refractivity (Wildman–Crippen MR) is 98.0 cm³/mol. The van der Waals surface area contributed by atoms with Crippen LogP contribution in [0, 0.1) is 0 Å². The molecule has 0 saturated carbocycles. The zero-order valence-electron chi connectivity index (χ0n) is 13.8. The smallest absolute Gasteiger partial charge is 0.255 e. The second-order valence-electron chi connectivity index (χ2n) is 6.57. The van der Waals surface area contributed by atoms with Gasteiger partial charge in [-0.25, -0.2) is 0 Å². The zero-order chi connectivity index (χ0) is 17.4. The summed E-state index contributed by atoms with van der Waals surface area (Å²) < 4.78 is 0. The number of rotatable bonds is 2. The van der Waals surface area contributed by atoms with Crippen LogP contribution < -0.4 is 4.90 Å². The lowest BCUT2D eigenvalue weighted by Gasteiger charge is -2.37. The summed E-state index contributed by atoms with van der Waals surface area (Å²) in [7, 11) is 0. The highest BCUT2D eigenvalue weighted by molar-refractivity contribution is 6.33. The summed E-state index contributed by atoms with van der Waals surface area (Å²) in [6.07, 6.45) is 2.06. The van der Waals surface area contributed by atoms with Crippen molar-refractivity contribution in [1.29, 1.82) is 0 Å². The molecule has 2 aromatic carbocycles. The molecule has 2 aliphatic heterocycles. The van der Waals surface area contributed by atoms with Crippen molar-refractivity contribution in [2.24, 2.45) is 0 Å². The van der Waals surface area contributed by atoms with Gasteiger partial charge in [-0.2, -0.15) is 0 Å². The van der Waals surface area contributed by atoms with Gasteiger partial charge in [-0.1, -0.05) is 41.9 Å². The summed E-state index contributed by atoms with van der Waals surface area (Å²) in [6, 6.07) is 15.3. The zero-order valence-corrected chi connectivity index (χ0v) is 14.6. The van der Waals surface area contributed by atoms with Crippen molar-refractivity contribution in [2.75, 3.05) is 18.0 Å². The maximum Gasteiger partial charge on any atom is 0.255 e. The number of anilines is 1. The number of amides is 2. The molecule has 0 N–H and O–H groups in total. The highest BCUT2D eigenvalue weighted by Crippen LogP contribution is 2.33. The minimum Gasteiger partial charge on any atom is -0.338 e. The number of hydrogen-bond acceptors (Lipinski definition) is 2. The fraction of sp³-hybridized carbons (Fsp3) is 0.300. The van der Waals surface area contributed by atoms with E-state index in [0.717, 1.165) is 24.1 Å². The molecule has 0 aliphatic carbocycles. The van der Waals surface area contributed by atoms with Gasteiger partial charge in [0, 0.05) is 24.8 Å². The summed E-state index contributed by atoms with van der Waals surface area (Å²) >= 11 is 6.15. The third-order valence-corrected chi connectivity index (χ3v) is 5.41. The number of fused-ring (bicyclic) bond motifs is 1. The number of carbonyl (C=O) groups is 2. The van der Waals surface area contributed by atoms with Crippen molar-refractivity contribution in [3.05, 3.63) is 64.7 Å². The molecular weight excluding hydrogens is 336 g/mol. The van der Waals surface area contributed by atoms with Gasteiger partial charge in [-0.15, -0.1) is 0 Å². The van der Waals surface area contributed by atoms with Gasteiger partial charge in [0.2, 0.25) is 5.91 Å². The quantitative estimate of drug-likeness (QED) is 0.827. The Labute approximate surface area is 152 Å². The molecule has 5 heteroatoms. The molecule has 0 aromatic heterocycles. The van der Waals surface area contributed by atoms with Crippen LogP contribution in [0.25, 0.3) is 0 Å². The lowest BCUT2D eigenvalue weighted by atomic mass is 10.0. The third-order valence-electron chi connectivity index (χ3n) is 5.08. The van der Waals surface area contributed by atoms with Gasteiger partial charge in [0.15, 0.2) is 0 Å². The van der Waals surface area contributed by atoms with Crippen molar-refractivity contribution in [2.45, 2.75) is 25.3 Å². The predicted octanol–water partition coefficient (Wildman–Crippen LogP) is 3.53. The number of hydrogen-bond donors (Lipinski definition) is 0. The van der Waals surface area contributed by atoms with Crippen LogP contribution in [0.1, 0.15) is 28.8 Å². The van der Waals surface area contributed by atoms with E-state index >= 15 is 0 Å². The number of benzene rings is 2. The first kappa shape index (κ1) is 16.2. The highest BCUT2D eigenvalue weighted by atomic mass is 35.5. The fourth-order valence-electron chi connectivity index (χ4n) is 3.81. The molecule has 25 heavy (non-hydrogen) atoms. The molecule has 2 heterocycles. The number of piperidine rings is 1. The molecule has 0 radical (unpaired) electrons. The molecule has 1 saturated heterocycles. The maximum atomic E-state index is 12.7. The molecule has 1 fully saturated rings. The van der Waals surface area contributed by atoms with Gasteiger partial charge in [0.1, 0.15) is 0 Å². The number of carbonyl (C=O) groups excluding carboxylic acids is 2. The van der Waals surface area contributed by atoms with E-state index in [-0.39, 0.29) is 17.9 Å². The average Bonchev–Trinajstić information content (AvgIpc) is 2.97. The van der Waals surface area contributed by atoms with Crippen LogP contribution in [-0.4, -0.2) is 35.8 Å². The Bertz CT molecular complexity index is 828. The summed E-state index contributed by atoms with van der Waals surface area (Å²) in [5.74, 6) is 0.134. The Kier molecular flexibility index (Phi) is 4.22. The van der Waals surface area contributed by atoms with E-state index in [1.54, 1.807) is 12.1 Å². The van der Waals surface area contributed by atoms with Crippen LogP contribution in [0.4, 0.5) is 5.69 Å². The molecule has 128 valence electrons. The topological polar surface area (TPSA) is 40.6 Å². The Morgan fingerprint density at radius 2 is 1.68 bits per heavy atom. The Morgan fingerprint density at radius 3 is 2.44 bits per heavy atom. The number of likely N-dealkylation sites (tertiary alicyclic amines) is 1. The van der Waals surface area contributed by atoms with E-state index in [2.05, 4.69) is 0 Å². The first-order chi connectivity index (χ1) is 12.1. The van der Waals surface area contributed by atoms with E-state index in [4.69, 9.17) is 11.6 Å². The second kappa shape index (κ2) is 6.52. The van der Waals surface area contributed by atoms with Gasteiger partial charge in [0.25, 0.3) is 5.91 Å². The largest absolute Gasteiger partial charge is 0.338 e. The van der Waals surface area contributed by atoms with Gasteiger partial charge >= 0.3 is 0 Å². The van der Waals surface area contributed by atoms with Crippen molar-refractivity contribution in [1.82, 2.24) is 4.90 Å². The van der Waals surface area contributed by atoms with E-state index in [0.29, 0.717) is 30.1 Å². The van der Waals surface area contributed by atoms with Crippen LogP contribution in [0.2, 0.25) is 5.02 Å². The molecule has 4 nitrogen and oxygen atoms in total. The third kappa shape index (κ3) is 2.91. The molecule has 2 amide bonds. The molecule has 2 aliphatic rings. The molecule has 0 atom stereocenters. The SMILES string of the molecule is O=C(c1ccccc1Cl)N1CCC(N2C(=O)Cc3ccccc32)CC1. The standard InChI is InChI=1S/C20H19ClN2O2/c21-17-7-3-2-6-16(17)20(25)22-11-9-15(10-12-22)23-18-8-4-1-5-14(18)13-19(23)24/h1-8,15H,9-13H2. The Morgan fingerprint density at radius 1 is 1.00 bits per heavy atom. The van der Waals surface area contributed by atoms with Gasteiger partial charge in [0.05, 0.1) is 17.0 Å². The average molecular weight is 355 g/mol. The van der Waals surface area contributed by atoms with Crippen LogP contribution in [0.5, 0.6) is 0 Å². The highest BCUT2D eigenvalue weighted by Gasteiger charge is 2.35. The number of nitrogens with zero attached hydrogens (tertiary/aromatic N) is 2. The van der Waals surface area contributed by atoms with Crippen LogP contribution in [0.15, 0.2) is 48.5 Å². The van der Waals surface area contributed by atoms with E-state index in [9.17, 15) is 9.59 Å². The first-order valence-electron chi connectivity index (χ1n) is 8.59. The van der Waals surface area contributed by atoms with Crippen LogP contribution in [0.3, 0.4) is 0 Å². The van der Waals surface area contributed by atoms with Gasteiger partial charge in [-0.05, 0) is 36.6 Å². The summed E-state index contributed by atoms with van der Waals surface area (Å²) in [5, 5.41) is 0.485. The maximum absolute atomic E-state index is 12.7. The molecule has 0 unspecified atom stereocenters. The molecule has 4 rings (SSSR count). The van der Waals surface area contributed by atoms with Crippen molar-refractivity contribution >= 4 is 29.1 Å². The van der Waals surface area contributed by atoms with Gasteiger partial charge in [-0.3, -0.25) is 9.59 Å². The van der Waals surface area contributed by atoms with Crippen LogP contribution >= 0.6 is 11.6 Å². The van der Waals surface area contributed by atoms with Crippen molar-refractivity contribution < 1.29 is 9.59 Å². The van der Waals surface area contributed by atoms with Crippen molar-refractivity contribution in [3.63, 3.8) is 0 Å². The summed E-state index contributed by atoms with van der Waals surface area (Å²) in [4.78, 5) is 28.9. The number of para-hydroxylation sites is 1. The summed E-state index contributed by atoms with van der Waals surface area (Å²) in [6.45, 7) is 1.28. The van der Waals surface area contributed by atoms with E-state index < -0.39 is 0 Å². The van der Waals surface area contributed by atoms with Crippen LogP contribution in [-0.2, 0) is 11.2 Å². The second-order valence-corrected chi connectivity index (χ2v) is 6.98. The van der Waals surface area contributed by atoms with Gasteiger partial charge < -0.3 is 9.80 Å². The first-order valence-corrected chi connectivity index (χ1v) is 8.96. The van der Waals surface area contributed by atoms with E-state index in [1.807, 2.05) is 46.2 Å². The molecule has 2 aromatic rings. The summed E-state index contributed by atoms with van der Waals surface area (Å²) in [5.41, 5.74) is 2.68. The Hall–Kier alpha value is -2.33. The Balaban J connectivity index is 1.46. The minimum atomic E-state index is -0.0304. The molecule has 0 bridgehead atoms.